The number of aliphatic hydroxyl groups is 1. The molecule has 0 unspecified atom stereocenters. The first-order chi connectivity index (χ1) is 12.6. The molecule has 0 aliphatic carbocycles. The van der Waals surface area contributed by atoms with E-state index in [9.17, 15) is 9.90 Å². The van der Waals surface area contributed by atoms with Gasteiger partial charge in [-0.3, -0.25) is 4.79 Å². The van der Waals surface area contributed by atoms with Crippen LogP contribution in [0, 0.1) is 0 Å². The van der Waals surface area contributed by atoms with Crippen LogP contribution < -0.4 is 10.1 Å². The summed E-state index contributed by atoms with van der Waals surface area (Å²) < 4.78 is 5.09. The number of ether oxygens (including phenoxy) is 1. The Morgan fingerprint density at radius 2 is 1.77 bits per heavy atom. The molecule has 0 heterocycles. The fourth-order valence-electron chi connectivity index (χ4n) is 2.23. The van der Waals surface area contributed by atoms with Crippen molar-refractivity contribution in [3.8, 4) is 5.75 Å². The van der Waals surface area contributed by atoms with Crippen LogP contribution in [0.25, 0.3) is 6.08 Å². The molecule has 134 valence electrons. The maximum atomic E-state index is 12.0. The van der Waals surface area contributed by atoms with E-state index in [-0.39, 0.29) is 11.5 Å². The number of ketones is 1. The van der Waals surface area contributed by atoms with Gasteiger partial charge in [0.2, 0.25) is 0 Å². The van der Waals surface area contributed by atoms with E-state index in [1.54, 1.807) is 13.2 Å². The van der Waals surface area contributed by atoms with E-state index >= 15 is 0 Å². The molecule has 0 aliphatic rings. The topological polar surface area (TPSA) is 58.6 Å². The molecular formula is C22H23NO3. The maximum Gasteiger partial charge on any atom is 0.184 e. The van der Waals surface area contributed by atoms with Gasteiger partial charge in [0.25, 0.3) is 0 Å². The highest BCUT2D eigenvalue weighted by Gasteiger charge is 1.98. The quantitative estimate of drug-likeness (QED) is 0.421. The Balaban J connectivity index is 1.89. The van der Waals surface area contributed by atoms with Crippen LogP contribution >= 0.6 is 0 Å². The molecule has 0 radical (unpaired) electrons. The third-order valence-electron chi connectivity index (χ3n) is 3.63. The molecule has 26 heavy (non-hydrogen) atoms. The van der Waals surface area contributed by atoms with Gasteiger partial charge < -0.3 is 15.2 Å². The van der Waals surface area contributed by atoms with Crippen LogP contribution in [0.2, 0.25) is 0 Å². The highest BCUT2D eigenvalue weighted by Crippen LogP contribution is 2.12. The van der Waals surface area contributed by atoms with Crippen LogP contribution in [0.5, 0.6) is 5.75 Å². The number of nitrogens with one attached hydrogen (secondary N) is 1. The first-order valence-electron chi connectivity index (χ1n) is 8.29. The number of carbonyl (C=O) groups is 1. The van der Waals surface area contributed by atoms with Crippen molar-refractivity contribution >= 4 is 11.9 Å². The summed E-state index contributed by atoms with van der Waals surface area (Å²) in [5, 5.41) is 13.1. The van der Waals surface area contributed by atoms with Crippen molar-refractivity contribution in [3.63, 3.8) is 0 Å². The Morgan fingerprint density at radius 1 is 1.08 bits per heavy atom. The summed E-state index contributed by atoms with van der Waals surface area (Å²) in [5.41, 5.74) is 2.77. The number of rotatable bonds is 8. The third kappa shape index (κ3) is 6.69. The molecule has 0 spiro atoms. The fraction of sp³-hybridized carbons (Fsp3) is 0.136. The molecule has 2 N–H and O–H groups in total. The summed E-state index contributed by atoms with van der Waals surface area (Å²) in [6.45, 7) is 2.46. The molecule has 0 amide bonds. The third-order valence-corrected chi connectivity index (χ3v) is 3.63. The lowest BCUT2D eigenvalue weighted by Gasteiger charge is -2.05. The zero-order chi connectivity index (χ0) is 18.8. The molecule has 2 aromatic carbocycles. The lowest BCUT2D eigenvalue weighted by molar-refractivity contribution is -0.110. The van der Waals surface area contributed by atoms with E-state index in [1.165, 1.54) is 18.2 Å². The molecule has 2 rings (SSSR count). The molecule has 0 atom stereocenters. The number of carbonyl (C=O) groups excluding carboxylic acids is 1. The molecule has 4 nitrogen and oxygen atoms in total. The standard InChI is InChI=1S/C22H23NO3/c1-17(23-16-19-6-4-3-5-7-19)14-21(25)15-20(24)11-8-18-9-12-22(26-2)13-10-18/h3-15,23-24H,16H2,1-2H3/b11-8+,17-14-,20-15-. The Kier molecular flexibility index (Phi) is 7.25. The molecule has 0 fully saturated rings. The monoisotopic (exact) mass is 349 g/mol. The van der Waals surface area contributed by atoms with Crippen LogP contribution in [-0.4, -0.2) is 18.0 Å². The lowest BCUT2D eigenvalue weighted by atomic mass is 10.2. The van der Waals surface area contributed by atoms with Crippen molar-refractivity contribution in [2.24, 2.45) is 0 Å². The van der Waals surface area contributed by atoms with Gasteiger partial charge in [0.05, 0.1) is 7.11 Å². The highest BCUT2D eigenvalue weighted by molar-refractivity contribution is 6.00. The van der Waals surface area contributed by atoms with E-state index in [2.05, 4.69) is 5.32 Å². The van der Waals surface area contributed by atoms with Crippen LogP contribution in [0.1, 0.15) is 18.1 Å². The minimum atomic E-state index is -0.278. The summed E-state index contributed by atoms with van der Waals surface area (Å²) >= 11 is 0. The maximum absolute atomic E-state index is 12.0. The predicted molar refractivity (Wildman–Crippen MR) is 105 cm³/mol. The van der Waals surface area contributed by atoms with E-state index in [0.29, 0.717) is 6.54 Å². The van der Waals surface area contributed by atoms with Gasteiger partial charge in [-0.2, -0.15) is 0 Å². The second kappa shape index (κ2) is 9.89. The van der Waals surface area contributed by atoms with Crippen LogP contribution in [0.3, 0.4) is 0 Å². The normalized spacial score (nSPS) is 12.2. The van der Waals surface area contributed by atoms with Gasteiger partial charge in [0, 0.05) is 24.4 Å². The average molecular weight is 349 g/mol. The molecule has 2 aromatic rings. The number of benzene rings is 2. The second-order valence-electron chi connectivity index (χ2n) is 5.74. The first-order valence-corrected chi connectivity index (χ1v) is 8.29. The van der Waals surface area contributed by atoms with Crippen molar-refractivity contribution in [1.29, 1.82) is 0 Å². The molecule has 0 aromatic heterocycles. The predicted octanol–water partition coefficient (Wildman–Crippen LogP) is 4.41. The van der Waals surface area contributed by atoms with Gasteiger partial charge in [-0.25, -0.2) is 0 Å². The van der Waals surface area contributed by atoms with Gasteiger partial charge in [0.15, 0.2) is 5.78 Å². The van der Waals surface area contributed by atoms with Gasteiger partial charge in [-0.1, -0.05) is 48.5 Å². The molecule has 0 saturated heterocycles. The number of allylic oxidation sites excluding steroid dienone is 4. The van der Waals surface area contributed by atoms with E-state index in [4.69, 9.17) is 4.74 Å². The van der Waals surface area contributed by atoms with Gasteiger partial charge in [-0.15, -0.1) is 0 Å². The summed E-state index contributed by atoms with van der Waals surface area (Å²) in [5.74, 6) is 0.388. The Hall–Kier alpha value is -3.27. The van der Waals surface area contributed by atoms with E-state index in [0.717, 1.165) is 22.6 Å². The van der Waals surface area contributed by atoms with Gasteiger partial charge in [-0.05, 0) is 36.3 Å². The number of aliphatic hydroxyl groups excluding tert-OH is 1. The van der Waals surface area contributed by atoms with E-state index < -0.39 is 0 Å². The zero-order valence-corrected chi connectivity index (χ0v) is 15.0. The van der Waals surface area contributed by atoms with Crippen LogP contribution in [-0.2, 0) is 11.3 Å². The minimum absolute atomic E-state index is 0.0991. The Labute approximate surface area is 154 Å². The highest BCUT2D eigenvalue weighted by atomic mass is 16.5. The Morgan fingerprint density at radius 3 is 2.42 bits per heavy atom. The van der Waals surface area contributed by atoms with Crippen LogP contribution in [0.15, 0.2) is 84.3 Å². The molecule has 4 heteroatoms. The number of hydrogen-bond acceptors (Lipinski definition) is 4. The summed E-state index contributed by atoms with van der Waals surface area (Å²) in [6.07, 6.45) is 5.86. The number of methoxy groups -OCH3 is 1. The summed E-state index contributed by atoms with van der Waals surface area (Å²) in [7, 11) is 1.61. The largest absolute Gasteiger partial charge is 0.508 e. The van der Waals surface area contributed by atoms with Crippen molar-refractivity contribution in [2.45, 2.75) is 13.5 Å². The molecule has 0 aliphatic heterocycles. The second-order valence-corrected chi connectivity index (χ2v) is 5.74. The molecule has 0 bridgehead atoms. The van der Waals surface area contributed by atoms with Crippen molar-refractivity contribution in [1.82, 2.24) is 5.32 Å². The minimum Gasteiger partial charge on any atom is -0.508 e. The summed E-state index contributed by atoms with van der Waals surface area (Å²) in [4.78, 5) is 12.0. The average Bonchev–Trinajstić information content (AvgIpc) is 2.66. The molecule has 0 saturated carbocycles. The van der Waals surface area contributed by atoms with Crippen molar-refractivity contribution in [3.05, 3.63) is 95.4 Å². The van der Waals surface area contributed by atoms with Crippen molar-refractivity contribution in [2.75, 3.05) is 7.11 Å². The first kappa shape index (κ1) is 19.1. The van der Waals surface area contributed by atoms with Gasteiger partial charge in [0.1, 0.15) is 11.5 Å². The Bertz CT molecular complexity index is 803. The number of hydrogen-bond donors (Lipinski definition) is 2. The van der Waals surface area contributed by atoms with E-state index in [1.807, 2.05) is 61.5 Å². The SMILES string of the molecule is COc1ccc(/C=C/C(O)=C/C(=O)/C=C(/C)NCc2ccccc2)cc1. The van der Waals surface area contributed by atoms with Gasteiger partial charge >= 0.3 is 0 Å². The summed E-state index contributed by atoms with van der Waals surface area (Å²) in [6, 6.07) is 17.3. The smallest absolute Gasteiger partial charge is 0.184 e. The lowest BCUT2D eigenvalue weighted by Crippen LogP contribution is -2.11. The fourth-order valence-corrected chi connectivity index (χ4v) is 2.23. The van der Waals surface area contributed by atoms with Crippen molar-refractivity contribution < 1.29 is 14.6 Å². The zero-order valence-electron chi connectivity index (χ0n) is 15.0. The molecular weight excluding hydrogens is 326 g/mol. The van der Waals surface area contributed by atoms with Crippen LogP contribution in [0.4, 0.5) is 0 Å².